The molecular weight excluding hydrogens is 389 g/mol. The summed E-state index contributed by atoms with van der Waals surface area (Å²) < 4.78 is 5.37. The molecule has 0 unspecified atom stereocenters. The van der Waals surface area contributed by atoms with E-state index in [0.717, 1.165) is 11.5 Å². The molecule has 0 heterocycles. The lowest BCUT2D eigenvalue weighted by Gasteiger charge is -2.10. The number of carbonyl (C=O) groups is 1. The lowest BCUT2D eigenvalue weighted by molar-refractivity contribution is -0.122. The normalized spacial score (nSPS) is 10.5. The highest BCUT2D eigenvalue weighted by Gasteiger charge is 2.09. The van der Waals surface area contributed by atoms with Gasteiger partial charge < -0.3 is 10.1 Å². The van der Waals surface area contributed by atoms with E-state index >= 15 is 0 Å². The summed E-state index contributed by atoms with van der Waals surface area (Å²) in [4.78, 5) is 11.8. The monoisotopic (exact) mass is 403 g/mol. The molecule has 2 aromatic rings. The molecule has 1 N–H and O–H groups in total. The fourth-order valence-electron chi connectivity index (χ4n) is 1.84. The zero-order chi connectivity index (χ0) is 17.4. The smallest absolute Gasteiger partial charge is 0.257 e. The van der Waals surface area contributed by atoms with Crippen LogP contribution < -0.4 is 10.1 Å². The summed E-state index contributed by atoms with van der Waals surface area (Å²) in [6.45, 7) is 0.454. The highest BCUT2D eigenvalue weighted by atomic mass is 35.5. The van der Waals surface area contributed by atoms with Crippen LogP contribution in [-0.2, 0) is 10.5 Å². The van der Waals surface area contributed by atoms with Gasteiger partial charge in [-0.25, -0.2) is 0 Å². The average molecular weight is 405 g/mol. The first-order valence-electron chi connectivity index (χ1n) is 7.22. The summed E-state index contributed by atoms with van der Waals surface area (Å²) in [7, 11) is 0. The molecule has 0 saturated heterocycles. The highest BCUT2D eigenvalue weighted by Crippen LogP contribution is 2.33. The molecule has 7 heteroatoms. The van der Waals surface area contributed by atoms with Gasteiger partial charge in [-0.2, -0.15) is 11.8 Å². The summed E-state index contributed by atoms with van der Waals surface area (Å²) in [5, 5.41) is 3.78. The van der Waals surface area contributed by atoms with Crippen LogP contribution in [0.3, 0.4) is 0 Å². The first-order chi connectivity index (χ1) is 11.6. The van der Waals surface area contributed by atoms with Crippen LogP contribution >= 0.6 is 46.6 Å². The van der Waals surface area contributed by atoms with Crippen molar-refractivity contribution in [3.05, 3.63) is 63.1 Å². The van der Waals surface area contributed by atoms with Crippen molar-refractivity contribution in [2.45, 2.75) is 5.75 Å². The summed E-state index contributed by atoms with van der Waals surface area (Å²) in [6.07, 6.45) is 0. The third-order valence-corrected chi connectivity index (χ3v) is 5.06. The molecule has 0 aliphatic carbocycles. The van der Waals surface area contributed by atoms with Gasteiger partial charge in [0.15, 0.2) is 6.61 Å². The van der Waals surface area contributed by atoms with E-state index in [0.29, 0.717) is 27.4 Å². The molecule has 0 saturated carbocycles. The van der Waals surface area contributed by atoms with E-state index < -0.39 is 0 Å². The third-order valence-electron chi connectivity index (χ3n) is 3.01. The molecule has 0 aromatic heterocycles. The fourth-order valence-corrected chi connectivity index (χ4v) is 3.25. The van der Waals surface area contributed by atoms with Crippen molar-refractivity contribution in [3.63, 3.8) is 0 Å². The minimum atomic E-state index is -0.211. The lowest BCUT2D eigenvalue weighted by atomic mass is 10.2. The molecule has 128 valence electrons. The predicted octanol–water partition coefficient (Wildman–Crippen LogP) is 5.08. The largest absolute Gasteiger partial charge is 0.482 e. The van der Waals surface area contributed by atoms with E-state index in [4.69, 9.17) is 39.5 Å². The van der Waals surface area contributed by atoms with Gasteiger partial charge in [0.2, 0.25) is 0 Å². The quantitative estimate of drug-likeness (QED) is 0.493. The summed E-state index contributed by atoms with van der Waals surface area (Å²) in [5.74, 6) is 1.87. The zero-order valence-electron chi connectivity index (χ0n) is 12.7. The molecule has 0 aliphatic heterocycles. The maximum atomic E-state index is 11.8. The average Bonchev–Trinajstić information content (AvgIpc) is 2.57. The minimum Gasteiger partial charge on any atom is -0.482 e. The van der Waals surface area contributed by atoms with Crippen molar-refractivity contribution < 1.29 is 9.53 Å². The van der Waals surface area contributed by atoms with Crippen LogP contribution in [0.5, 0.6) is 5.75 Å². The molecule has 0 bridgehead atoms. The minimum absolute atomic E-state index is 0.124. The van der Waals surface area contributed by atoms with Crippen molar-refractivity contribution >= 4 is 52.5 Å². The van der Waals surface area contributed by atoms with E-state index in [2.05, 4.69) is 17.4 Å². The number of hydrogen-bond donors (Lipinski definition) is 1. The Bertz CT molecular complexity index is 683. The number of carbonyl (C=O) groups excluding carboxylic acids is 1. The lowest BCUT2D eigenvalue weighted by Crippen LogP contribution is -2.30. The summed E-state index contributed by atoms with van der Waals surface area (Å²) >= 11 is 19.5. The molecule has 2 aromatic carbocycles. The van der Waals surface area contributed by atoms with Crippen LogP contribution in [0.2, 0.25) is 15.1 Å². The number of amides is 1. The molecule has 2 rings (SSSR count). The second-order valence-corrected chi connectivity index (χ2v) is 7.20. The van der Waals surface area contributed by atoms with Crippen LogP contribution in [0.25, 0.3) is 0 Å². The van der Waals surface area contributed by atoms with E-state index in [1.54, 1.807) is 11.8 Å². The SMILES string of the molecule is O=C(COc1cc(Cl)c(Cl)cc1Cl)NCCSCc1ccccc1. The summed E-state index contributed by atoms with van der Waals surface area (Å²) in [6, 6.07) is 13.2. The molecule has 0 radical (unpaired) electrons. The number of ether oxygens (including phenoxy) is 1. The van der Waals surface area contributed by atoms with E-state index in [1.165, 1.54) is 17.7 Å². The Kier molecular flexibility index (Phi) is 8.06. The predicted molar refractivity (Wildman–Crippen MR) is 103 cm³/mol. The van der Waals surface area contributed by atoms with Crippen LogP contribution in [0.4, 0.5) is 0 Å². The number of benzene rings is 2. The topological polar surface area (TPSA) is 38.3 Å². The van der Waals surface area contributed by atoms with Crippen molar-refractivity contribution in [2.75, 3.05) is 18.9 Å². The van der Waals surface area contributed by atoms with Crippen molar-refractivity contribution in [3.8, 4) is 5.75 Å². The first-order valence-corrected chi connectivity index (χ1v) is 9.51. The van der Waals surface area contributed by atoms with Gasteiger partial charge in [-0.3, -0.25) is 4.79 Å². The van der Waals surface area contributed by atoms with Crippen LogP contribution in [-0.4, -0.2) is 24.8 Å². The van der Waals surface area contributed by atoms with E-state index in [9.17, 15) is 4.79 Å². The molecular formula is C17H16Cl3NO2S. The Morgan fingerprint density at radius 2 is 1.75 bits per heavy atom. The molecule has 0 fully saturated rings. The molecule has 0 atom stereocenters. The van der Waals surface area contributed by atoms with Crippen LogP contribution in [0.1, 0.15) is 5.56 Å². The number of hydrogen-bond acceptors (Lipinski definition) is 3. The second kappa shape index (κ2) is 10.0. The molecule has 3 nitrogen and oxygen atoms in total. The van der Waals surface area contributed by atoms with Gasteiger partial charge in [-0.15, -0.1) is 0 Å². The van der Waals surface area contributed by atoms with Gasteiger partial charge in [-0.1, -0.05) is 65.1 Å². The Labute approximate surface area is 160 Å². The van der Waals surface area contributed by atoms with Crippen LogP contribution in [0, 0.1) is 0 Å². The molecule has 24 heavy (non-hydrogen) atoms. The Morgan fingerprint density at radius 1 is 1.04 bits per heavy atom. The fraction of sp³-hybridized carbons (Fsp3) is 0.235. The molecule has 0 aliphatic rings. The molecule has 1 amide bonds. The van der Waals surface area contributed by atoms with Gasteiger partial charge in [0.25, 0.3) is 5.91 Å². The first kappa shape index (κ1) is 19.3. The van der Waals surface area contributed by atoms with Crippen LogP contribution in [0.15, 0.2) is 42.5 Å². The van der Waals surface area contributed by atoms with Crippen molar-refractivity contribution in [2.24, 2.45) is 0 Å². The van der Waals surface area contributed by atoms with Crippen molar-refractivity contribution in [1.82, 2.24) is 5.32 Å². The maximum Gasteiger partial charge on any atom is 0.257 e. The summed E-state index contributed by atoms with van der Waals surface area (Å²) in [5.41, 5.74) is 1.27. The van der Waals surface area contributed by atoms with Gasteiger partial charge >= 0.3 is 0 Å². The number of halogens is 3. The Hall–Kier alpha value is -1.07. The van der Waals surface area contributed by atoms with Gasteiger partial charge in [0, 0.05) is 24.1 Å². The molecule has 0 spiro atoms. The van der Waals surface area contributed by atoms with Gasteiger partial charge in [-0.05, 0) is 11.6 Å². The second-order valence-electron chi connectivity index (χ2n) is 4.87. The zero-order valence-corrected chi connectivity index (χ0v) is 15.8. The number of rotatable bonds is 8. The Morgan fingerprint density at radius 3 is 2.50 bits per heavy atom. The maximum absolute atomic E-state index is 11.8. The number of nitrogens with one attached hydrogen (secondary N) is 1. The van der Waals surface area contributed by atoms with Crippen molar-refractivity contribution in [1.29, 1.82) is 0 Å². The number of thioether (sulfide) groups is 1. The van der Waals surface area contributed by atoms with E-state index in [-0.39, 0.29) is 12.5 Å². The van der Waals surface area contributed by atoms with Gasteiger partial charge in [0.1, 0.15) is 5.75 Å². The Balaban J connectivity index is 1.64. The highest BCUT2D eigenvalue weighted by molar-refractivity contribution is 7.98. The van der Waals surface area contributed by atoms with Gasteiger partial charge in [0.05, 0.1) is 15.1 Å². The standard InChI is InChI=1S/C17H16Cl3NO2S/c18-13-8-15(20)16(9-14(13)19)23-10-17(22)21-6-7-24-11-12-4-2-1-3-5-12/h1-5,8-9H,6-7,10-11H2,(H,21,22). The third kappa shape index (κ3) is 6.44. The van der Waals surface area contributed by atoms with E-state index in [1.807, 2.05) is 18.2 Å².